The molecular formula is C17H27N3O2. The van der Waals surface area contributed by atoms with Crippen molar-refractivity contribution in [1.82, 2.24) is 4.90 Å². The van der Waals surface area contributed by atoms with Crippen molar-refractivity contribution in [3.8, 4) is 0 Å². The van der Waals surface area contributed by atoms with Gasteiger partial charge in [0.05, 0.1) is 0 Å². The zero-order valence-electron chi connectivity index (χ0n) is 14.2. The molecule has 0 aromatic heterocycles. The molecular weight excluding hydrogens is 278 g/mol. The van der Waals surface area contributed by atoms with Gasteiger partial charge < -0.3 is 15.1 Å². The third-order valence-electron chi connectivity index (χ3n) is 3.62. The maximum Gasteiger partial charge on any atom is 0.244 e. The molecule has 1 aromatic rings. The molecule has 0 aliphatic carbocycles. The Hall–Kier alpha value is -2.04. The van der Waals surface area contributed by atoms with Gasteiger partial charge in [-0.15, -0.1) is 0 Å². The van der Waals surface area contributed by atoms with Crippen LogP contribution in [0, 0.1) is 0 Å². The Morgan fingerprint density at radius 2 is 1.64 bits per heavy atom. The number of rotatable bonds is 7. The summed E-state index contributed by atoms with van der Waals surface area (Å²) in [6.07, 6.45) is 0. The van der Waals surface area contributed by atoms with E-state index in [2.05, 4.69) is 24.1 Å². The Morgan fingerprint density at radius 3 is 2.05 bits per heavy atom. The van der Waals surface area contributed by atoms with Crippen LogP contribution in [-0.4, -0.2) is 42.4 Å². The van der Waals surface area contributed by atoms with Crippen LogP contribution in [0.3, 0.4) is 0 Å². The van der Waals surface area contributed by atoms with E-state index < -0.39 is 0 Å². The van der Waals surface area contributed by atoms with Gasteiger partial charge in [0.15, 0.2) is 0 Å². The fourth-order valence-corrected chi connectivity index (χ4v) is 2.36. The fourth-order valence-electron chi connectivity index (χ4n) is 2.36. The van der Waals surface area contributed by atoms with E-state index in [1.165, 1.54) is 6.92 Å². The van der Waals surface area contributed by atoms with Crippen molar-refractivity contribution in [1.29, 1.82) is 0 Å². The van der Waals surface area contributed by atoms with Gasteiger partial charge in [0.1, 0.15) is 6.54 Å². The number of nitrogens with one attached hydrogen (secondary N) is 1. The van der Waals surface area contributed by atoms with Crippen LogP contribution >= 0.6 is 0 Å². The molecule has 1 aromatic carbocycles. The lowest BCUT2D eigenvalue weighted by Gasteiger charge is -2.24. The molecule has 1 N–H and O–H groups in total. The standard InChI is InChI=1S/C17H27N3O2/c1-6-19(7-2)16-10-8-15(9-11-16)18-17(22)12-20(13(3)4)14(5)21/h8-11,13H,6-7,12H2,1-5H3,(H,18,22). The molecule has 122 valence electrons. The molecule has 0 aliphatic rings. The quantitative estimate of drug-likeness (QED) is 0.842. The van der Waals surface area contributed by atoms with Gasteiger partial charge in [-0.1, -0.05) is 0 Å². The highest BCUT2D eigenvalue weighted by Gasteiger charge is 2.16. The van der Waals surface area contributed by atoms with Gasteiger partial charge in [-0.25, -0.2) is 0 Å². The minimum Gasteiger partial charge on any atom is -0.372 e. The Kier molecular flexibility index (Phi) is 6.89. The number of benzene rings is 1. The fraction of sp³-hybridized carbons (Fsp3) is 0.529. The van der Waals surface area contributed by atoms with Gasteiger partial charge >= 0.3 is 0 Å². The summed E-state index contributed by atoms with van der Waals surface area (Å²) in [4.78, 5) is 27.3. The van der Waals surface area contributed by atoms with Crippen LogP contribution in [0.4, 0.5) is 11.4 Å². The van der Waals surface area contributed by atoms with Gasteiger partial charge in [0.2, 0.25) is 11.8 Å². The molecule has 0 saturated heterocycles. The first-order chi connectivity index (χ1) is 10.4. The number of carbonyl (C=O) groups is 2. The van der Waals surface area contributed by atoms with Crippen LogP contribution in [0.5, 0.6) is 0 Å². The largest absolute Gasteiger partial charge is 0.372 e. The summed E-state index contributed by atoms with van der Waals surface area (Å²) < 4.78 is 0. The van der Waals surface area contributed by atoms with E-state index in [4.69, 9.17) is 0 Å². The number of anilines is 2. The predicted molar refractivity (Wildman–Crippen MR) is 91.2 cm³/mol. The van der Waals surface area contributed by atoms with Crippen LogP contribution in [0.25, 0.3) is 0 Å². The number of hydrogen-bond acceptors (Lipinski definition) is 3. The summed E-state index contributed by atoms with van der Waals surface area (Å²) in [5.74, 6) is -0.276. The molecule has 5 heteroatoms. The van der Waals surface area contributed by atoms with E-state index in [1.807, 2.05) is 38.1 Å². The van der Waals surface area contributed by atoms with Gasteiger partial charge in [0, 0.05) is 37.4 Å². The van der Waals surface area contributed by atoms with Crippen LogP contribution < -0.4 is 10.2 Å². The van der Waals surface area contributed by atoms with E-state index in [0.29, 0.717) is 0 Å². The van der Waals surface area contributed by atoms with Crippen molar-refractivity contribution < 1.29 is 9.59 Å². The Labute approximate surface area is 133 Å². The topological polar surface area (TPSA) is 52.7 Å². The summed E-state index contributed by atoms with van der Waals surface area (Å²) in [6, 6.07) is 7.77. The molecule has 2 amide bonds. The maximum absolute atomic E-state index is 12.0. The normalized spacial score (nSPS) is 10.5. The second-order valence-electron chi connectivity index (χ2n) is 5.51. The highest BCUT2D eigenvalue weighted by Crippen LogP contribution is 2.17. The summed E-state index contributed by atoms with van der Waals surface area (Å²) in [6.45, 7) is 11.5. The summed E-state index contributed by atoms with van der Waals surface area (Å²) in [5, 5.41) is 2.83. The Morgan fingerprint density at radius 1 is 1.09 bits per heavy atom. The van der Waals surface area contributed by atoms with E-state index in [0.717, 1.165) is 24.5 Å². The van der Waals surface area contributed by atoms with Crippen molar-refractivity contribution in [3.63, 3.8) is 0 Å². The molecule has 0 aliphatic heterocycles. The Bertz CT molecular complexity index is 493. The second kappa shape index (κ2) is 8.41. The monoisotopic (exact) mass is 305 g/mol. The summed E-state index contributed by atoms with van der Waals surface area (Å²) in [5.41, 5.74) is 1.88. The predicted octanol–water partition coefficient (Wildman–Crippen LogP) is 2.73. The lowest BCUT2D eigenvalue weighted by molar-refractivity contribution is -0.134. The molecule has 0 spiro atoms. The highest BCUT2D eigenvalue weighted by atomic mass is 16.2. The van der Waals surface area contributed by atoms with E-state index in [1.54, 1.807) is 4.90 Å². The number of nitrogens with zero attached hydrogens (tertiary/aromatic N) is 2. The minimum atomic E-state index is -0.181. The van der Waals surface area contributed by atoms with Gasteiger partial charge in [-0.3, -0.25) is 9.59 Å². The minimum absolute atomic E-state index is 0.00768. The van der Waals surface area contributed by atoms with E-state index in [9.17, 15) is 9.59 Å². The SMILES string of the molecule is CCN(CC)c1ccc(NC(=O)CN(C(C)=O)C(C)C)cc1. The number of hydrogen-bond donors (Lipinski definition) is 1. The molecule has 0 fully saturated rings. The molecule has 0 heterocycles. The third-order valence-corrected chi connectivity index (χ3v) is 3.62. The van der Waals surface area contributed by atoms with Crippen molar-refractivity contribution in [3.05, 3.63) is 24.3 Å². The molecule has 0 bridgehead atoms. The molecule has 22 heavy (non-hydrogen) atoms. The first-order valence-corrected chi connectivity index (χ1v) is 7.81. The van der Waals surface area contributed by atoms with E-state index in [-0.39, 0.29) is 24.4 Å². The van der Waals surface area contributed by atoms with Gasteiger partial charge in [0.25, 0.3) is 0 Å². The lowest BCUT2D eigenvalue weighted by atomic mass is 10.2. The average Bonchev–Trinajstić information content (AvgIpc) is 2.47. The summed E-state index contributed by atoms with van der Waals surface area (Å²) >= 11 is 0. The smallest absolute Gasteiger partial charge is 0.244 e. The average molecular weight is 305 g/mol. The van der Waals surface area contributed by atoms with E-state index >= 15 is 0 Å². The van der Waals surface area contributed by atoms with Crippen LogP contribution in [-0.2, 0) is 9.59 Å². The molecule has 0 radical (unpaired) electrons. The van der Waals surface area contributed by atoms with Gasteiger partial charge in [-0.05, 0) is 52.0 Å². The second-order valence-corrected chi connectivity index (χ2v) is 5.51. The number of amides is 2. The van der Waals surface area contributed by atoms with Crippen LogP contribution in [0.2, 0.25) is 0 Å². The van der Waals surface area contributed by atoms with Gasteiger partial charge in [-0.2, -0.15) is 0 Å². The molecule has 0 atom stereocenters. The first-order valence-electron chi connectivity index (χ1n) is 7.81. The third kappa shape index (κ3) is 5.06. The highest BCUT2D eigenvalue weighted by molar-refractivity contribution is 5.94. The Balaban J connectivity index is 2.67. The molecule has 0 unspecified atom stereocenters. The maximum atomic E-state index is 12.0. The molecule has 0 saturated carbocycles. The molecule has 1 rings (SSSR count). The first kappa shape index (κ1) is 18.0. The molecule has 5 nitrogen and oxygen atoms in total. The van der Waals surface area contributed by atoms with Crippen molar-refractivity contribution in [2.45, 2.75) is 40.7 Å². The van der Waals surface area contributed by atoms with Crippen LogP contribution in [0.15, 0.2) is 24.3 Å². The number of carbonyl (C=O) groups excluding carboxylic acids is 2. The van der Waals surface area contributed by atoms with Crippen molar-refractivity contribution in [2.24, 2.45) is 0 Å². The zero-order valence-corrected chi connectivity index (χ0v) is 14.2. The van der Waals surface area contributed by atoms with Crippen molar-refractivity contribution >= 4 is 23.2 Å². The zero-order chi connectivity index (χ0) is 16.7. The lowest BCUT2D eigenvalue weighted by Crippen LogP contribution is -2.41. The summed E-state index contributed by atoms with van der Waals surface area (Å²) in [7, 11) is 0. The van der Waals surface area contributed by atoms with Crippen molar-refractivity contribution in [2.75, 3.05) is 29.9 Å². The van der Waals surface area contributed by atoms with Crippen LogP contribution in [0.1, 0.15) is 34.6 Å².